The highest BCUT2D eigenvalue weighted by molar-refractivity contribution is 5.87. The van der Waals surface area contributed by atoms with Gasteiger partial charge in [-0.1, -0.05) is 20.3 Å². The van der Waals surface area contributed by atoms with E-state index in [1.54, 1.807) is 6.92 Å². The standard InChI is InChI=1S/C20H36N6O9/c1-5-8(2)14(21)19(32)34-10(4)33-18(31)13-6-11(25-20(22)26-23)15(24-9(3)28)17(35-13)16(30)12(29)7-27/h6,8,10-12,14-17,27,29-30H,5,7,21,23H2,1-4H3,(H,24,28)(H3,22,25,26)/t8?,10?,11-,12+,14+,15+,16+,17+/m0/s1. The predicted molar refractivity (Wildman–Crippen MR) is 121 cm³/mol. The molecule has 0 radical (unpaired) electrons. The number of hydrogen-bond donors (Lipinski definition) is 8. The number of rotatable bonds is 11. The van der Waals surface area contributed by atoms with Crippen molar-refractivity contribution >= 4 is 23.8 Å². The van der Waals surface area contributed by atoms with Gasteiger partial charge in [-0.25, -0.2) is 4.79 Å². The van der Waals surface area contributed by atoms with Crippen molar-refractivity contribution in [3.8, 4) is 0 Å². The van der Waals surface area contributed by atoms with Crippen molar-refractivity contribution in [3.63, 3.8) is 0 Å². The number of nitrogens with two attached hydrogens (primary N) is 3. The lowest BCUT2D eigenvalue weighted by molar-refractivity contribution is -0.188. The lowest BCUT2D eigenvalue weighted by atomic mass is 9.92. The minimum absolute atomic E-state index is 0.165. The average Bonchev–Trinajstić information content (AvgIpc) is 2.81. The maximum absolute atomic E-state index is 12.8. The largest absolute Gasteiger partial charge is 0.478 e. The molecule has 2 unspecified atom stereocenters. The van der Waals surface area contributed by atoms with Gasteiger partial charge in [0.25, 0.3) is 0 Å². The zero-order valence-corrected chi connectivity index (χ0v) is 20.1. The van der Waals surface area contributed by atoms with E-state index in [9.17, 15) is 29.7 Å². The van der Waals surface area contributed by atoms with Crippen LogP contribution < -0.4 is 27.9 Å². The lowest BCUT2D eigenvalue weighted by Gasteiger charge is -2.40. The molecule has 0 aromatic carbocycles. The number of hydrogen-bond acceptors (Lipinski definition) is 12. The molecule has 0 aromatic heterocycles. The summed E-state index contributed by atoms with van der Waals surface area (Å²) in [6.07, 6.45) is -4.46. The second kappa shape index (κ2) is 13.7. The molecule has 15 heteroatoms. The van der Waals surface area contributed by atoms with Crippen LogP contribution in [0.3, 0.4) is 0 Å². The SMILES string of the molecule is CCC(C)[C@@H](N)C(=O)OC(C)OC(=O)C1=C[C@H](NC(N)=NN)[C@@H](NC(C)=O)[C@H]([C@H](O)[C@H](O)CO)O1. The van der Waals surface area contributed by atoms with E-state index in [0.29, 0.717) is 6.42 Å². The summed E-state index contributed by atoms with van der Waals surface area (Å²) in [5.41, 5.74) is 11.4. The summed E-state index contributed by atoms with van der Waals surface area (Å²) in [4.78, 5) is 36.7. The van der Waals surface area contributed by atoms with Gasteiger partial charge in [0, 0.05) is 13.8 Å². The van der Waals surface area contributed by atoms with Gasteiger partial charge in [-0.3, -0.25) is 9.59 Å². The van der Waals surface area contributed by atoms with Gasteiger partial charge < -0.3 is 57.5 Å². The first kappa shape index (κ1) is 29.9. The summed E-state index contributed by atoms with van der Waals surface area (Å²) in [5, 5.41) is 38.1. The number of ether oxygens (including phenoxy) is 3. The van der Waals surface area contributed by atoms with Gasteiger partial charge in [-0.2, -0.15) is 0 Å². The van der Waals surface area contributed by atoms with Crippen molar-refractivity contribution < 1.29 is 43.9 Å². The van der Waals surface area contributed by atoms with E-state index in [0.717, 1.165) is 0 Å². The van der Waals surface area contributed by atoms with E-state index in [1.165, 1.54) is 19.9 Å². The van der Waals surface area contributed by atoms with Gasteiger partial charge in [0.05, 0.1) is 18.7 Å². The Kier molecular flexibility index (Phi) is 11.7. The molecule has 0 spiro atoms. The number of guanidine groups is 1. The second-order valence-electron chi connectivity index (χ2n) is 8.09. The molecular weight excluding hydrogens is 468 g/mol. The normalized spacial score (nSPS) is 24.5. The maximum atomic E-state index is 12.8. The summed E-state index contributed by atoms with van der Waals surface area (Å²) in [5.74, 6) is 1.82. The molecule has 1 amide bonds. The summed E-state index contributed by atoms with van der Waals surface area (Å²) in [6, 6.07) is -3.06. The van der Waals surface area contributed by atoms with E-state index in [-0.39, 0.29) is 11.9 Å². The summed E-state index contributed by atoms with van der Waals surface area (Å²) < 4.78 is 15.7. The van der Waals surface area contributed by atoms with Crippen molar-refractivity contribution in [2.75, 3.05) is 6.61 Å². The number of nitrogens with one attached hydrogen (secondary N) is 2. The van der Waals surface area contributed by atoms with Gasteiger partial charge in [0.15, 0.2) is 0 Å². The Balaban J connectivity index is 3.18. The third-order valence-corrected chi connectivity index (χ3v) is 5.36. The summed E-state index contributed by atoms with van der Waals surface area (Å²) >= 11 is 0. The fourth-order valence-corrected chi connectivity index (χ4v) is 3.16. The third kappa shape index (κ3) is 8.54. The highest BCUT2D eigenvalue weighted by atomic mass is 16.7. The number of aliphatic hydroxyl groups excluding tert-OH is 3. The molecule has 1 rings (SSSR count). The van der Waals surface area contributed by atoms with Crippen molar-refractivity contribution in [3.05, 3.63) is 11.8 Å². The van der Waals surface area contributed by atoms with Crippen LogP contribution in [0.25, 0.3) is 0 Å². The molecule has 8 atom stereocenters. The van der Waals surface area contributed by atoms with Crippen molar-refractivity contribution in [2.24, 2.45) is 28.3 Å². The molecule has 11 N–H and O–H groups in total. The van der Waals surface area contributed by atoms with Gasteiger partial charge in [0.2, 0.25) is 23.9 Å². The minimum Gasteiger partial charge on any atom is -0.478 e. The van der Waals surface area contributed by atoms with Crippen LogP contribution in [-0.2, 0) is 28.6 Å². The minimum atomic E-state index is -1.77. The number of nitrogens with zero attached hydrogens (tertiary/aromatic N) is 1. The molecule has 1 aliphatic heterocycles. The Bertz CT molecular complexity index is 808. The Labute approximate surface area is 202 Å². The van der Waals surface area contributed by atoms with Crippen molar-refractivity contribution in [1.82, 2.24) is 10.6 Å². The molecule has 1 aliphatic rings. The van der Waals surface area contributed by atoms with Gasteiger partial charge in [-0.15, -0.1) is 5.10 Å². The molecule has 15 nitrogen and oxygen atoms in total. The second-order valence-corrected chi connectivity index (χ2v) is 8.09. The number of aliphatic hydroxyl groups is 3. The van der Waals surface area contributed by atoms with E-state index in [2.05, 4.69) is 15.7 Å². The molecular formula is C20H36N6O9. The Morgan fingerprint density at radius 2 is 1.86 bits per heavy atom. The average molecular weight is 505 g/mol. The van der Waals surface area contributed by atoms with Crippen LogP contribution in [-0.4, -0.2) is 88.5 Å². The highest BCUT2D eigenvalue weighted by Crippen LogP contribution is 2.24. The van der Waals surface area contributed by atoms with Crippen LogP contribution in [0.1, 0.15) is 34.1 Å². The third-order valence-electron chi connectivity index (χ3n) is 5.36. The van der Waals surface area contributed by atoms with E-state index >= 15 is 0 Å². The van der Waals surface area contributed by atoms with E-state index < -0.39 is 72.9 Å². The van der Waals surface area contributed by atoms with E-state index in [4.69, 9.17) is 31.5 Å². The van der Waals surface area contributed by atoms with Gasteiger partial charge in [0.1, 0.15) is 24.4 Å². The van der Waals surface area contributed by atoms with Crippen LogP contribution >= 0.6 is 0 Å². The number of carbonyl (C=O) groups excluding carboxylic acids is 3. The molecule has 1 heterocycles. The van der Waals surface area contributed by atoms with E-state index in [1.807, 2.05) is 6.92 Å². The molecule has 35 heavy (non-hydrogen) atoms. The first-order valence-corrected chi connectivity index (χ1v) is 11.0. The molecule has 0 saturated carbocycles. The number of carbonyl (C=O) groups is 3. The van der Waals surface area contributed by atoms with Crippen LogP contribution in [0.4, 0.5) is 0 Å². The van der Waals surface area contributed by atoms with Crippen molar-refractivity contribution in [1.29, 1.82) is 0 Å². The number of esters is 2. The van der Waals surface area contributed by atoms with Crippen LogP contribution in [0, 0.1) is 5.92 Å². The van der Waals surface area contributed by atoms with Crippen LogP contribution in [0.5, 0.6) is 0 Å². The monoisotopic (exact) mass is 504 g/mol. The topological polar surface area (TPSA) is 254 Å². The molecule has 0 aromatic rings. The number of amides is 1. The fourth-order valence-electron chi connectivity index (χ4n) is 3.16. The first-order valence-electron chi connectivity index (χ1n) is 11.0. The molecule has 200 valence electrons. The Morgan fingerprint density at radius 1 is 1.23 bits per heavy atom. The molecule has 0 aliphatic carbocycles. The van der Waals surface area contributed by atoms with Crippen LogP contribution in [0.15, 0.2) is 16.9 Å². The molecule has 0 fully saturated rings. The van der Waals surface area contributed by atoms with Gasteiger partial charge >= 0.3 is 11.9 Å². The summed E-state index contributed by atoms with van der Waals surface area (Å²) in [6.45, 7) is 5.26. The smallest absolute Gasteiger partial charge is 0.376 e. The highest BCUT2D eigenvalue weighted by Gasteiger charge is 2.44. The molecule has 0 bridgehead atoms. The quantitative estimate of drug-likeness (QED) is 0.0339. The zero-order valence-electron chi connectivity index (χ0n) is 20.1. The fraction of sp³-hybridized carbons (Fsp3) is 0.700. The Morgan fingerprint density at radius 3 is 2.37 bits per heavy atom. The van der Waals surface area contributed by atoms with Gasteiger partial charge in [-0.05, 0) is 12.0 Å². The Hall–Kier alpha value is -3.14. The summed E-state index contributed by atoms with van der Waals surface area (Å²) in [7, 11) is 0. The van der Waals surface area contributed by atoms with Crippen LogP contribution in [0.2, 0.25) is 0 Å². The van der Waals surface area contributed by atoms with Crippen molar-refractivity contribution in [2.45, 2.75) is 76.8 Å². The predicted octanol–water partition coefficient (Wildman–Crippen LogP) is -3.56. The molecule has 0 saturated heterocycles. The maximum Gasteiger partial charge on any atom is 0.376 e. The first-order chi connectivity index (χ1) is 16.4. The number of hydrazone groups is 1. The zero-order chi connectivity index (χ0) is 26.9. The lowest BCUT2D eigenvalue weighted by Crippen LogP contribution is -2.64.